The third-order valence-electron chi connectivity index (χ3n) is 13.5. The molecule has 4 aliphatic rings. The topological polar surface area (TPSA) is 3.24 Å². The van der Waals surface area contributed by atoms with Crippen LogP contribution in [-0.2, 0) is 5.41 Å². The summed E-state index contributed by atoms with van der Waals surface area (Å²) in [6.45, 7) is 4.84. The van der Waals surface area contributed by atoms with E-state index in [1.54, 1.807) is 5.56 Å². The van der Waals surface area contributed by atoms with Crippen molar-refractivity contribution in [3.05, 3.63) is 150 Å². The standard InChI is InChI=1S/C50H49N/c1-50(2)47-26-21-39(34-11-5-3-6-12-34)30-46(47)43-25-24-42(32-48(43)50)51(41-22-19-36(20-23-41)44-28-33-17-18-40(44)27-33)49-31-38-16-10-9-15-37(38)29-45(49)35-13-7-4-8-14-35/h3,5-6,9-12,15-16,19-26,29-33,35,40,44H,4,7-8,13-14,17-18,27-28H2,1-2H3. The second-order valence-electron chi connectivity index (χ2n) is 16.8. The lowest BCUT2D eigenvalue weighted by Gasteiger charge is -2.33. The smallest absolute Gasteiger partial charge is 0.0502 e. The van der Waals surface area contributed by atoms with Gasteiger partial charge >= 0.3 is 0 Å². The van der Waals surface area contributed by atoms with Gasteiger partial charge in [-0.1, -0.05) is 124 Å². The quantitative estimate of drug-likeness (QED) is 0.171. The molecule has 3 fully saturated rings. The maximum atomic E-state index is 2.62. The molecule has 0 aliphatic heterocycles. The van der Waals surface area contributed by atoms with E-state index in [0.717, 1.165) is 17.8 Å². The van der Waals surface area contributed by atoms with Gasteiger partial charge in [-0.15, -0.1) is 0 Å². The van der Waals surface area contributed by atoms with Crippen LogP contribution in [0.25, 0.3) is 33.0 Å². The average Bonchev–Trinajstić information content (AvgIpc) is 3.88. The lowest BCUT2D eigenvalue weighted by Crippen LogP contribution is -2.18. The highest BCUT2D eigenvalue weighted by Gasteiger charge is 2.40. The minimum absolute atomic E-state index is 0.0945. The molecule has 254 valence electrons. The van der Waals surface area contributed by atoms with Gasteiger partial charge in [-0.2, -0.15) is 0 Å². The molecular formula is C50H49N. The van der Waals surface area contributed by atoms with Gasteiger partial charge in [-0.05, 0) is 154 Å². The molecule has 0 saturated heterocycles. The Morgan fingerprint density at radius 3 is 2.04 bits per heavy atom. The van der Waals surface area contributed by atoms with Crippen molar-refractivity contribution in [2.75, 3.05) is 4.90 Å². The number of anilines is 3. The molecule has 3 unspecified atom stereocenters. The summed E-state index contributed by atoms with van der Waals surface area (Å²) < 4.78 is 0. The summed E-state index contributed by atoms with van der Waals surface area (Å²) in [7, 11) is 0. The van der Waals surface area contributed by atoms with Crippen LogP contribution in [0.5, 0.6) is 0 Å². The highest BCUT2D eigenvalue weighted by Crippen LogP contribution is 2.55. The second-order valence-corrected chi connectivity index (χ2v) is 16.8. The molecule has 6 aromatic rings. The third kappa shape index (κ3) is 5.26. The molecule has 6 aromatic carbocycles. The van der Waals surface area contributed by atoms with Crippen molar-refractivity contribution < 1.29 is 0 Å². The molecular weight excluding hydrogens is 615 g/mol. The average molecular weight is 664 g/mol. The predicted molar refractivity (Wildman–Crippen MR) is 216 cm³/mol. The van der Waals surface area contributed by atoms with Crippen LogP contribution in [0.1, 0.15) is 106 Å². The molecule has 0 aromatic heterocycles. The fraction of sp³-hybridized carbons (Fsp3) is 0.320. The van der Waals surface area contributed by atoms with Crippen molar-refractivity contribution in [2.45, 2.75) is 88.9 Å². The van der Waals surface area contributed by atoms with Crippen molar-refractivity contribution in [3.63, 3.8) is 0 Å². The number of nitrogens with zero attached hydrogens (tertiary/aromatic N) is 1. The molecule has 1 nitrogen and oxygen atoms in total. The maximum absolute atomic E-state index is 2.62. The molecule has 0 amide bonds. The minimum atomic E-state index is -0.0945. The van der Waals surface area contributed by atoms with Crippen molar-refractivity contribution in [2.24, 2.45) is 11.8 Å². The van der Waals surface area contributed by atoms with Gasteiger partial charge in [0.2, 0.25) is 0 Å². The Morgan fingerprint density at radius 1 is 0.549 bits per heavy atom. The summed E-state index contributed by atoms with van der Waals surface area (Å²) in [6.07, 6.45) is 12.3. The Balaban J connectivity index is 1.13. The first-order valence-electron chi connectivity index (χ1n) is 19.8. The zero-order chi connectivity index (χ0) is 34.1. The minimum Gasteiger partial charge on any atom is -0.310 e. The van der Waals surface area contributed by atoms with E-state index in [0.29, 0.717) is 5.92 Å². The van der Waals surface area contributed by atoms with Crippen LogP contribution in [-0.4, -0.2) is 0 Å². The first-order chi connectivity index (χ1) is 25.0. The van der Waals surface area contributed by atoms with Gasteiger partial charge in [0.15, 0.2) is 0 Å². The van der Waals surface area contributed by atoms with E-state index in [2.05, 4.69) is 146 Å². The number of hydrogen-bond acceptors (Lipinski definition) is 1. The highest BCUT2D eigenvalue weighted by molar-refractivity contribution is 5.93. The first kappa shape index (κ1) is 31.1. The molecule has 10 rings (SSSR count). The van der Waals surface area contributed by atoms with E-state index in [1.807, 2.05) is 0 Å². The Bertz CT molecular complexity index is 2240. The fourth-order valence-electron chi connectivity index (χ4n) is 10.8. The Morgan fingerprint density at radius 2 is 1.29 bits per heavy atom. The molecule has 0 heterocycles. The summed E-state index contributed by atoms with van der Waals surface area (Å²) in [4.78, 5) is 2.62. The molecule has 0 spiro atoms. The monoisotopic (exact) mass is 663 g/mol. The zero-order valence-electron chi connectivity index (χ0n) is 30.2. The number of hydrogen-bond donors (Lipinski definition) is 0. The molecule has 51 heavy (non-hydrogen) atoms. The first-order valence-corrected chi connectivity index (χ1v) is 19.8. The van der Waals surface area contributed by atoms with Gasteiger partial charge < -0.3 is 4.90 Å². The van der Waals surface area contributed by atoms with E-state index in [1.165, 1.54) is 125 Å². The van der Waals surface area contributed by atoms with Crippen molar-refractivity contribution in [3.8, 4) is 22.3 Å². The number of rotatable bonds is 6. The highest BCUT2D eigenvalue weighted by atomic mass is 15.1. The molecule has 3 saturated carbocycles. The van der Waals surface area contributed by atoms with E-state index >= 15 is 0 Å². The van der Waals surface area contributed by atoms with Crippen molar-refractivity contribution in [1.82, 2.24) is 0 Å². The summed E-state index contributed by atoms with van der Waals surface area (Å²) in [5, 5.41) is 2.67. The van der Waals surface area contributed by atoms with Crippen molar-refractivity contribution in [1.29, 1.82) is 0 Å². The van der Waals surface area contributed by atoms with Crippen LogP contribution in [0.15, 0.2) is 127 Å². The third-order valence-corrected chi connectivity index (χ3v) is 13.5. The van der Waals surface area contributed by atoms with Crippen LogP contribution in [0.4, 0.5) is 17.1 Å². The van der Waals surface area contributed by atoms with Gasteiger partial charge in [0.25, 0.3) is 0 Å². The largest absolute Gasteiger partial charge is 0.310 e. The van der Waals surface area contributed by atoms with E-state index in [4.69, 9.17) is 0 Å². The molecule has 1 heteroatoms. The van der Waals surface area contributed by atoms with Crippen LogP contribution < -0.4 is 4.90 Å². The lowest BCUT2D eigenvalue weighted by atomic mass is 9.81. The van der Waals surface area contributed by atoms with Crippen LogP contribution >= 0.6 is 0 Å². The van der Waals surface area contributed by atoms with Gasteiger partial charge in [-0.3, -0.25) is 0 Å². The fourth-order valence-corrected chi connectivity index (χ4v) is 10.8. The summed E-state index contributed by atoms with van der Waals surface area (Å²) in [6, 6.07) is 49.2. The van der Waals surface area contributed by atoms with Crippen LogP contribution in [0.3, 0.4) is 0 Å². The zero-order valence-corrected chi connectivity index (χ0v) is 30.2. The van der Waals surface area contributed by atoms with Crippen molar-refractivity contribution >= 4 is 27.8 Å². The van der Waals surface area contributed by atoms with Gasteiger partial charge in [0, 0.05) is 16.8 Å². The predicted octanol–water partition coefficient (Wildman–Crippen LogP) is 14.2. The lowest BCUT2D eigenvalue weighted by molar-refractivity contribution is 0.420. The number of benzene rings is 6. The Kier molecular flexibility index (Phi) is 7.49. The Labute approximate surface area is 304 Å². The van der Waals surface area contributed by atoms with Gasteiger partial charge in [0.05, 0.1) is 5.69 Å². The van der Waals surface area contributed by atoms with E-state index in [9.17, 15) is 0 Å². The van der Waals surface area contributed by atoms with E-state index in [-0.39, 0.29) is 5.41 Å². The molecule has 4 aliphatic carbocycles. The number of fused-ring (bicyclic) bond motifs is 6. The molecule has 0 radical (unpaired) electrons. The second kappa shape index (κ2) is 12.3. The van der Waals surface area contributed by atoms with Gasteiger partial charge in [-0.25, -0.2) is 0 Å². The SMILES string of the molecule is CC1(C)c2ccc(-c3ccccc3)cc2-c2ccc(N(c3ccc(C4CC5CCC4C5)cc3)c3cc4ccccc4cc3C3CCCCC3)cc21. The summed E-state index contributed by atoms with van der Waals surface area (Å²) in [5.41, 5.74) is 15.0. The van der Waals surface area contributed by atoms with Crippen LogP contribution in [0.2, 0.25) is 0 Å². The van der Waals surface area contributed by atoms with Crippen LogP contribution in [0, 0.1) is 11.8 Å². The summed E-state index contributed by atoms with van der Waals surface area (Å²) in [5.74, 6) is 3.17. The van der Waals surface area contributed by atoms with Gasteiger partial charge in [0.1, 0.15) is 0 Å². The molecule has 0 N–H and O–H groups in total. The normalized spacial score (nSPS) is 21.9. The molecule has 3 atom stereocenters. The summed E-state index contributed by atoms with van der Waals surface area (Å²) >= 11 is 0. The molecule has 2 bridgehead atoms. The van der Waals surface area contributed by atoms with E-state index < -0.39 is 0 Å². The Hall–Kier alpha value is -4.62. The maximum Gasteiger partial charge on any atom is 0.0502 e.